The van der Waals surface area contributed by atoms with Crippen LogP contribution in [0.1, 0.15) is 34.1 Å². The summed E-state index contributed by atoms with van der Waals surface area (Å²) in [6, 6.07) is 0. The average Bonchev–Trinajstić information content (AvgIpc) is 2.35. The molecule has 1 aromatic rings. The topological polar surface area (TPSA) is 53.9 Å². The molecule has 0 saturated carbocycles. The molecule has 1 heterocycles. The first kappa shape index (κ1) is 16.0. The van der Waals surface area contributed by atoms with Crippen LogP contribution in [-0.2, 0) is 0 Å². The minimum atomic E-state index is 0.483. The molecule has 0 bridgehead atoms. The zero-order chi connectivity index (χ0) is 14.4. The number of hydrogen-bond donors (Lipinski definition) is 1. The normalized spacial score (nSPS) is 12.6. The van der Waals surface area contributed by atoms with E-state index in [4.69, 9.17) is 0 Å². The maximum absolute atomic E-state index is 4.49. The van der Waals surface area contributed by atoms with E-state index in [0.717, 1.165) is 18.1 Å². The Morgan fingerprint density at radius 2 is 1.84 bits per heavy atom. The number of aromatic nitrogens is 3. The van der Waals surface area contributed by atoms with Gasteiger partial charge in [-0.15, -0.1) is 0 Å². The van der Waals surface area contributed by atoms with E-state index in [1.165, 1.54) is 0 Å². The van der Waals surface area contributed by atoms with Gasteiger partial charge in [-0.2, -0.15) is 15.0 Å². The summed E-state index contributed by atoms with van der Waals surface area (Å²) < 4.78 is 0. The molecule has 0 aliphatic heterocycles. The summed E-state index contributed by atoms with van der Waals surface area (Å²) in [5, 5.41) is 4.50. The van der Waals surface area contributed by atoms with Crippen molar-refractivity contribution in [3.05, 3.63) is 0 Å². The van der Waals surface area contributed by atoms with E-state index in [2.05, 4.69) is 48.0 Å². The van der Waals surface area contributed by atoms with Crippen molar-refractivity contribution in [1.82, 2.24) is 15.0 Å². The van der Waals surface area contributed by atoms with E-state index in [1.807, 2.05) is 19.0 Å². The molecule has 1 atom stereocenters. The van der Waals surface area contributed by atoms with Gasteiger partial charge in [0.25, 0.3) is 0 Å². The molecule has 1 unspecified atom stereocenters. The highest BCUT2D eigenvalue weighted by atomic mass is 32.2. The Morgan fingerprint density at radius 3 is 2.37 bits per heavy atom. The van der Waals surface area contributed by atoms with Crippen LogP contribution in [0.25, 0.3) is 0 Å². The van der Waals surface area contributed by atoms with Crippen LogP contribution >= 0.6 is 11.8 Å². The van der Waals surface area contributed by atoms with E-state index < -0.39 is 0 Å². The Morgan fingerprint density at radius 1 is 1.16 bits per heavy atom. The molecule has 0 aliphatic carbocycles. The second kappa shape index (κ2) is 7.53. The van der Waals surface area contributed by atoms with Gasteiger partial charge in [0.05, 0.1) is 0 Å². The van der Waals surface area contributed by atoms with Crippen LogP contribution in [0.15, 0.2) is 5.16 Å². The van der Waals surface area contributed by atoms with Gasteiger partial charge >= 0.3 is 0 Å². The van der Waals surface area contributed by atoms with Gasteiger partial charge in [-0.3, -0.25) is 0 Å². The molecular formula is C13H25N5S. The minimum absolute atomic E-state index is 0.483. The van der Waals surface area contributed by atoms with Crippen LogP contribution in [0.2, 0.25) is 0 Å². The molecular weight excluding hydrogens is 258 g/mol. The second-order valence-electron chi connectivity index (χ2n) is 5.13. The summed E-state index contributed by atoms with van der Waals surface area (Å²) in [7, 11) is 3.89. The van der Waals surface area contributed by atoms with Crippen molar-refractivity contribution in [3.8, 4) is 0 Å². The first-order valence-corrected chi connectivity index (χ1v) is 7.66. The van der Waals surface area contributed by atoms with E-state index in [-0.39, 0.29) is 0 Å². The zero-order valence-electron chi connectivity index (χ0n) is 12.8. The molecule has 0 aromatic carbocycles. The number of thioether (sulfide) groups is 1. The van der Waals surface area contributed by atoms with Crippen LogP contribution in [0, 0.1) is 5.92 Å². The van der Waals surface area contributed by atoms with Gasteiger partial charge in [-0.25, -0.2) is 0 Å². The molecule has 0 amide bonds. The number of anilines is 2. The van der Waals surface area contributed by atoms with Crippen molar-refractivity contribution in [3.63, 3.8) is 0 Å². The molecule has 1 aromatic heterocycles. The van der Waals surface area contributed by atoms with E-state index in [1.54, 1.807) is 11.8 Å². The summed E-state index contributed by atoms with van der Waals surface area (Å²) in [5.74, 6) is 1.96. The minimum Gasteiger partial charge on any atom is -0.354 e. The van der Waals surface area contributed by atoms with Gasteiger partial charge in [-0.05, 0) is 12.3 Å². The Kier molecular flexibility index (Phi) is 6.34. The van der Waals surface area contributed by atoms with E-state index in [0.29, 0.717) is 23.1 Å². The summed E-state index contributed by atoms with van der Waals surface area (Å²) in [6.45, 7) is 9.62. The van der Waals surface area contributed by atoms with Gasteiger partial charge in [0.15, 0.2) is 5.16 Å². The van der Waals surface area contributed by atoms with Gasteiger partial charge in [0, 0.05) is 25.9 Å². The van der Waals surface area contributed by atoms with Gasteiger partial charge in [0.2, 0.25) is 11.9 Å². The number of rotatable bonds is 7. The molecule has 0 spiro atoms. The Labute approximate surface area is 120 Å². The van der Waals surface area contributed by atoms with Crippen LogP contribution in [0.3, 0.4) is 0 Å². The maximum Gasteiger partial charge on any atom is 0.230 e. The van der Waals surface area contributed by atoms with Gasteiger partial charge in [-0.1, -0.05) is 39.5 Å². The summed E-state index contributed by atoms with van der Waals surface area (Å²) in [4.78, 5) is 15.3. The highest BCUT2D eigenvalue weighted by Crippen LogP contribution is 2.26. The Bertz CT molecular complexity index is 395. The van der Waals surface area contributed by atoms with Crippen LogP contribution in [-0.4, -0.2) is 40.8 Å². The standard InChI is InChI=1S/C13H25N5S/c1-7-8-14-11-15-12(18(5)6)17-13(16-11)19-10(4)9(2)3/h9-10H,7-8H2,1-6H3,(H,14,15,16,17). The monoisotopic (exact) mass is 283 g/mol. The summed E-state index contributed by atoms with van der Waals surface area (Å²) in [6.07, 6.45) is 1.05. The molecule has 0 radical (unpaired) electrons. The molecule has 0 saturated heterocycles. The maximum atomic E-state index is 4.49. The highest BCUT2D eigenvalue weighted by molar-refractivity contribution is 7.99. The lowest BCUT2D eigenvalue weighted by Gasteiger charge is -2.16. The van der Waals surface area contributed by atoms with Crippen molar-refractivity contribution in [2.24, 2.45) is 5.92 Å². The first-order valence-electron chi connectivity index (χ1n) is 6.78. The summed E-state index contributed by atoms with van der Waals surface area (Å²) in [5.41, 5.74) is 0. The highest BCUT2D eigenvalue weighted by Gasteiger charge is 2.14. The fourth-order valence-electron chi connectivity index (χ4n) is 1.22. The molecule has 6 heteroatoms. The third kappa shape index (κ3) is 5.22. The fraction of sp³-hybridized carbons (Fsp3) is 0.769. The van der Waals surface area contributed by atoms with Crippen LogP contribution in [0.4, 0.5) is 11.9 Å². The Hall–Kier alpha value is -1.04. The van der Waals surface area contributed by atoms with Gasteiger partial charge < -0.3 is 10.2 Å². The Balaban J connectivity index is 2.92. The van der Waals surface area contributed by atoms with Gasteiger partial charge in [0.1, 0.15) is 0 Å². The van der Waals surface area contributed by atoms with Crippen LogP contribution in [0.5, 0.6) is 0 Å². The lowest BCUT2D eigenvalue weighted by Crippen LogP contribution is -2.17. The first-order chi connectivity index (χ1) is 8.93. The number of nitrogens with one attached hydrogen (secondary N) is 1. The predicted molar refractivity (Wildman–Crippen MR) is 83.1 cm³/mol. The SMILES string of the molecule is CCCNc1nc(SC(C)C(C)C)nc(N(C)C)n1. The molecule has 5 nitrogen and oxygen atoms in total. The summed E-state index contributed by atoms with van der Waals surface area (Å²) >= 11 is 1.70. The van der Waals surface area contributed by atoms with Crippen molar-refractivity contribution in [2.75, 3.05) is 30.9 Å². The zero-order valence-corrected chi connectivity index (χ0v) is 13.6. The number of hydrogen-bond acceptors (Lipinski definition) is 6. The fourth-order valence-corrected chi connectivity index (χ4v) is 2.10. The third-order valence-electron chi connectivity index (χ3n) is 2.77. The number of nitrogens with zero attached hydrogens (tertiary/aromatic N) is 4. The largest absolute Gasteiger partial charge is 0.354 e. The van der Waals surface area contributed by atoms with Crippen molar-refractivity contribution in [2.45, 2.75) is 44.5 Å². The average molecular weight is 283 g/mol. The molecule has 0 aliphatic rings. The smallest absolute Gasteiger partial charge is 0.230 e. The van der Waals surface area contributed by atoms with Crippen LogP contribution < -0.4 is 10.2 Å². The van der Waals surface area contributed by atoms with Crippen molar-refractivity contribution < 1.29 is 0 Å². The molecule has 1 N–H and O–H groups in total. The quantitative estimate of drug-likeness (QED) is 0.777. The molecule has 0 fully saturated rings. The van der Waals surface area contributed by atoms with Crippen molar-refractivity contribution >= 4 is 23.7 Å². The molecule has 1 rings (SSSR count). The molecule has 19 heavy (non-hydrogen) atoms. The lowest BCUT2D eigenvalue weighted by molar-refractivity contribution is 0.640. The predicted octanol–water partition coefficient (Wildman–Crippen LogP) is 2.90. The third-order valence-corrected chi connectivity index (χ3v) is 4.08. The second-order valence-corrected chi connectivity index (χ2v) is 6.47. The molecule has 108 valence electrons. The van der Waals surface area contributed by atoms with E-state index >= 15 is 0 Å². The van der Waals surface area contributed by atoms with E-state index in [9.17, 15) is 0 Å². The van der Waals surface area contributed by atoms with Crippen molar-refractivity contribution in [1.29, 1.82) is 0 Å². The lowest BCUT2D eigenvalue weighted by atomic mass is 10.2.